The molecule has 8 heteroatoms. The number of benzene rings is 1. The number of hydrogen-bond donors (Lipinski definition) is 1. The van der Waals surface area contributed by atoms with Gasteiger partial charge in [0.2, 0.25) is 5.91 Å². The van der Waals surface area contributed by atoms with Gasteiger partial charge in [-0.05, 0) is 70.2 Å². The van der Waals surface area contributed by atoms with E-state index < -0.39 is 0 Å². The Morgan fingerprint density at radius 1 is 1.00 bits per heavy atom. The largest absolute Gasteiger partial charge is 0.355 e. The van der Waals surface area contributed by atoms with Crippen molar-refractivity contribution in [1.29, 1.82) is 0 Å². The molecule has 1 unspecified atom stereocenters. The summed E-state index contributed by atoms with van der Waals surface area (Å²) in [7, 11) is 0. The molecular weight excluding hydrogens is 459 g/mol. The first-order valence-corrected chi connectivity index (χ1v) is 12.4. The maximum atomic E-state index is 13.3. The second-order valence-electron chi connectivity index (χ2n) is 9.12. The van der Waals surface area contributed by atoms with Crippen molar-refractivity contribution in [3.8, 4) is 0 Å². The number of likely N-dealkylation sites (tertiary alicyclic amines) is 1. The van der Waals surface area contributed by atoms with Crippen molar-refractivity contribution in [3.63, 3.8) is 0 Å². The summed E-state index contributed by atoms with van der Waals surface area (Å²) in [5, 5.41) is 3.87. The third-order valence-electron chi connectivity index (χ3n) is 6.76. The summed E-state index contributed by atoms with van der Waals surface area (Å²) in [4.78, 5) is 34.8. The minimum Gasteiger partial charge on any atom is -0.355 e. The Hall–Kier alpha value is -2.31. The molecule has 2 saturated heterocycles. The standard InChI is InChI=1S/C25H30Cl2N4O2/c1-16-5-3-6-17(2)31(16)25(33)18-9-11-30(12-10-18)23-22(14-21(27)15-28-23)29-24(32)19-7-4-8-20(26)13-19/h4,7-8,13-18H,3,5-6,9-12H2,1-2H3,(H,29,32)/t16-,17?/m1/s1. The zero-order valence-corrected chi connectivity index (χ0v) is 20.6. The Morgan fingerprint density at radius 2 is 1.70 bits per heavy atom. The third-order valence-corrected chi connectivity index (χ3v) is 7.20. The topological polar surface area (TPSA) is 65.5 Å². The fourth-order valence-corrected chi connectivity index (χ4v) is 5.35. The van der Waals surface area contributed by atoms with Crippen LogP contribution in [0.15, 0.2) is 36.5 Å². The van der Waals surface area contributed by atoms with Gasteiger partial charge in [-0.3, -0.25) is 9.59 Å². The first-order chi connectivity index (χ1) is 15.8. The van der Waals surface area contributed by atoms with Crippen molar-refractivity contribution in [2.75, 3.05) is 23.3 Å². The van der Waals surface area contributed by atoms with Gasteiger partial charge in [0.05, 0.1) is 10.7 Å². The van der Waals surface area contributed by atoms with Crippen LogP contribution in [0.3, 0.4) is 0 Å². The van der Waals surface area contributed by atoms with Crippen LogP contribution in [0.1, 0.15) is 56.3 Å². The maximum Gasteiger partial charge on any atom is 0.255 e. The number of anilines is 2. The molecule has 0 bridgehead atoms. The average molecular weight is 489 g/mol. The van der Waals surface area contributed by atoms with Gasteiger partial charge < -0.3 is 15.1 Å². The van der Waals surface area contributed by atoms with Crippen LogP contribution in [-0.2, 0) is 4.79 Å². The molecule has 2 fully saturated rings. The van der Waals surface area contributed by atoms with Crippen LogP contribution in [-0.4, -0.2) is 46.9 Å². The number of carbonyl (C=O) groups is 2. The third kappa shape index (κ3) is 5.44. The molecule has 6 nitrogen and oxygen atoms in total. The lowest BCUT2D eigenvalue weighted by molar-refractivity contribution is -0.142. The Labute approximate surface area is 205 Å². The molecule has 4 rings (SSSR count). The predicted octanol–water partition coefficient (Wildman–Crippen LogP) is 5.65. The van der Waals surface area contributed by atoms with Crippen LogP contribution in [0.2, 0.25) is 10.0 Å². The average Bonchev–Trinajstić information content (AvgIpc) is 2.79. The van der Waals surface area contributed by atoms with E-state index in [1.807, 2.05) is 0 Å². The second kappa shape index (κ2) is 10.3. The van der Waals surface area contributed by atoms with Crippen molar-refractivity contribution in [2.24, 2.45) is 5.92 Å². The molecule has 1 aromatic heterocycles. The molecule has 0 spiro atoms. The number of amides is 2. The predicted molar refractivity (Wildman–Crippen MR) is 133 cm³/mol. The molecule has 1 N–H and O–H groups in total. The summed E-state index contributed by atoms with van der Waals surface area (Å²) in [5.41, 5.74) is 1.01. The number of carbonyl (C=O) groups excluding carboxylic acids is 2. The van der Waals surface area contributed by atoms with E-state index in [0.717, 1.165) is 25.7 Å². The van der Waals surface area contributed by atoms with Crippen molar-refractivity contribution in [3.05, 3.63) is 52.1 Å². The van der Waals surface area contributed by atoms with E-state index in [-0.39, 0.29) is 17.7 Å². The van der Waals surface area contributed by atoms with E-state index in [1.54, 1.807) is 36.5 Å². The van der Waals surface area contributed by atoms with Crippen molar-refractivity contribution in [2.45, 2.75) is 58.0 Å². The first kappa shape index (κ1) is 23.8. The zero-order valence-electron chi connectivity index (χ0n) is 19.1. The highest BCUT2D eigenvalue weighted by molar-refractivity contribution is 6.31. The van der Waals surface area contributed by atoms with E-state index in [4.69, 9.17) is 23.2 Å². The lowest BCUT2D eigenvalue weighted by Gasteiger charge is -2.42. The van der Waals surface area contributed by atoms with Gasteiger partial charge in [-0.1, -0.05) is 29.3 Å². The highest BCUT2D eigenvalue weighted by Gasteiger charge is 2.35. The van der Waals surface area contributed by atoms with Gasteiger partial charge in [0.25, 0.3) is 5.91 Å². The van der Waals surface area contributed by atoms with Crippen molar-refractivity contribution >= 4 is 46.5 Å². The number of aromatic nitrogens is 1. The van der Waals surface area contributed by atoms with E-state index in [9.17, 15) is 9.59 Å². The summed E-state index contributed by atoms with van der Waals surface area (Å²) in [6, 6.07) is 9.12. The molecule has 0 saturated carbocycles. The fourth-order valence-electron chi connectivity index (χ4n) is 5.00. The van der Waals surface area contributed by atoms with E-state index in [1.165, 1.54) is 6.42 Å². The highest BCUT2D eigenvalue weighted by Crippen LogP contribution is 2.33. The lowest BCUT2D eigenvalue weighted by atomic mass is 9.90. The number of halogens is 2. The van der Waals surface area contributed by atoms with Crippen LogP contribution in [0.4, 0.5) is 11.5 Å². The van der Waals surface area contributed by atoms with Gasteiger partial charge in [0.15, 0.2) is 5.82 Å². The molecule has 2 amide bonds. The monoisotopic (exact) mass is 488 g/mol. The number of pyridine rings is 1. The molecule has 2 aliphatic heterocycles. The SMILES string of the molecule is CC1CCC[C@@H](C)N1C(=O)C1CCN(c2ncc(Cl)cc2NC(=O)c2cccc(Cl)c2)CC1. The molecule has 176 valence electrons. The van der Waals surface area contributed by atoms with Crippen LogP contribution < -0.4 is 10.2 Å². The fraction of sp³-hybridized carbons (Fsp3) is 0.480. The van der Waals surface area contributed by atoms with E-state index >= 15 is 0 Å². The number of nitrogens with zero attached hydrogens (tertiary/aromatic N) is 3. The van der Waals surface area contributed by atoms with Crippen LogP contribution in [0.25, 0.3) is 0 Å². The molecule has 2 atom stereocenters. The van der Waals surface area contributed by atoms with Crippen LogP contribution in [0, 0.1) is 5.92 Å². The number of piperidine rings is 2. The highest BCUT2D eigenvalue weighted by atomic mass is 35.5. The smallest absolute Gasteiger partial charge is 0.255 e. The molecule has 2 aliphatic rings. The number of nitrogens with one attached hydrogen (secondary N) is 1. The molecule has 2 aromatic rings. The normalized spacial score (nSPS) is 21.7. The quantitative estimate of drug-likeness (QED) is 0.603. The minimum absolute atomic E-state index is 0.0288. The lowest BCUT2D eigenvalue weighted by Crippen LogP contribution is -2.51. The molecule has 3 heterocycles. The van der Waals surface area contributed by atoms with Crippen LogP contribution in [0.5, 0.6) is 0 Å². The maximum absolute atomic E-state index is 13.3. The Bertz CT molecular complexity index is 1010. The molecule has 0 radical (unpaired) electrons. The van der Waals surface area contributed by atoms with Crippen LogP contribution >= 0.6 is 23.2 Å². The number of hydrogen-bond acceptors (Lipinski definition) is 4. The summed E-state index contributed by atoms with van der Waals surface area (Å²) in [5.74, 6) is 0.704. The van der Waals surface area contributed by atoms with Gasteiger partial charge in [-0.2, -0.15) is 0 Å². The zero-order chi connectivity index (χ0) is 23.5. The molecule has 1 aromatic carbocycles. The summed E-state index contributed by atoms with van der Waals surface area (Å²) < 4.78 is 0. The Balaban J connectivity index is 1.45. The summed E-state index contributed by atoms with van der Waals surface area (Å²) in [6.45, 7) is 5.72. The second-order valence-corrected chi connectivity index (χ2v) is 10.00. The van der Waals surface area contributed by atoms with Crippen molar-refractivity contribution < 1.29 is 9.59 Å². The Morgan fingerprint density at radius 3 is 2.36 bits per heavy atom. The van der Waals surface area contributed by atoms with E-state index in [2.05, 4.69) is 33.9 Å². The molecular formula is C25H30Cl2N4O2. The van der Waals surface area contributed by atoms with Gasteiger partial charge in [-0.15, -0.1) is 0 Å². The van der Waals surface area contributed by atoms with Crippen molar-refractivity contribution in [1.82, 2.24) is 9.88 Å². The Kier molecular flexibility index (Phi) is 7.45. The molecule has 0 aliphatic carbocycles. The number of rotatable bonds is 4. The minimum atomic E-state index is -0.277. The first-order valence-electron chi connectivity index (χ1n) is 11.6. The van der Waals surface area contributed by atoms with Gasteiger partial charge >= 0.3 is 0 Å². The summed E-state index contributed by atoms with van der Waals surface area (Å²) >= 11 is 12.2. The van der Waals surface area contributed by atoms with Gasteiger partial charge in [0, 0.05) is 47.9 Å². The van der Waals surface area contributed by atoms with Gasteiger partial charge in [-0.25, -0.2) is 4.98 Å². The summed E-state index contributed by atoms with van der Waals surface area (Å²) in [6.07, 6.45) is 6.47. The van der Waals surface area contributed by atoms with Gasteiger partial charge in [0.1, 0.15) is 0 Å². The molecule has 33 heavy (non-hydrogen) atoms. The van der Waals surface area contributed by atoms with E-state index in [0.29, 0.717) is 52.3 Å².